The van der Waals surface area contributed by atoms with Crippen molar-refractivity contribution in [1.82, 2.24) is 14.7 Å². The molecule has 0 saturated carbocycles. The number of benzene rings is 1. The van der Waals surface area contributed by atoms with Crippen molar-refractivity contribution in [3.63, 3.8) is 0 Å². The molecule has 1 amide bonds. The van der Waals surface area contributed by atoms with E-state index >= 15 is 0 Å². The molecule has 7 heteroatoms. The van der Waals surface area contributed by atoms with Gasteiger partial charge in [0.2, 0.25) is 5.91 Å². The summed E-state index contributed by atoms with van der Waals surface area (Å²) in [6.07, 6.45) is 0.148. The molecule has 1 atom stereocenters. The molecular weight excluding hydrogens is 304 g/mol. The first-order valence-corrected chi connectivity index (χ1v) is 6.86. The smallest absolute Gasteiger partial charge is 0.274 e. The van der Waals surface area contributed by atoms with E-state index in [0.717, 1.165) is 5.39 Å². The molecule has 0 aliphatic heterocycles. The Hall–Kier alpha value is -1.92. The fourth-order valence-corrected chi connectivity index (χ4v) is 2.18. The highest BCUT2D eigenvalue weighted by atomic mass is 35.5. The Kier molecular flexibility index (Phi) is 6.08. The van der Waals surface area contributed by atoms with Gasteiger partial charge < -0.3 is 10.6 Å². The van der Waals surface area contributed by atoms with Crippen LogP contribution in [0.5, 0.6) is 0 Å². The Morgan fingerprint density at radius 3 is 2.55 bits per heavy atom. The molecule has 2 aromatic rings. The number of nitrogens with two attached hydrogens (primary N) is 1. The number of hydrogen-bond donors (Lipinski definition) is 1. The normalized spacial score (nSPS) is 11.8. The molecule has 0 bridgehead atoms. The highest BCUT2D eigenvalue weighted by Crippen LogP contribution is 2.14. The van der Waals surface area contributed by atoms with Crippen LogP contribution in [-0.4, -0.2) is 40.2 Å². The topological polar surface area (TPSA) is 81.2 Å². The Morgan fingerprint density at radius 1 is 1.36 bits per heavy atom. The minimum atomic E-state index is -0.162. The average molecular weight is 325 g/mol. The third-order valence-corrected chi connectivity index (χ3v) is 3.75. The molecule has 0 aliphatic carbocycles. The fourth-order valence-electron chi connectivity index (χ4n) is 2.18. The average Bonchev–Trinajstić information content (AvgIpc) is 2.50. The van der Waals surface area contributed by atoms with Crippen LogP contribution in [-0.2, 0) is 18.3 Å². The molecule has 2 N–H and O–H groups in total. The second kappa shape index (κ2) is 7.38. The lowest BCUT2D eigenvalue weighted by Crippen LogP contribution is -2.40. The molecule has 0 fully saturated rings. The molecule has 0 aliphatic rings. The maximum Gasteiger partial charge on any atom is 0.274 e. The van der Waals surface area contributed by atoms with Crippen molar-refractivity contribution in [1.29, 1.82) is 0 Å². The number of likely N-dealkylation sites (N-methyl/N-ethyl adjacent to an activating group) is 1. The number of aryl methyl sites for hydroxylation is 1. The van der Waals surface area contributed by atoms with Crippen LogP contribution < -0.4 is 11.3 Å². The fraction of sp³-hybridized carbons (Fsp3) is 0.400. The number of amides is 1. The van der Waals surface area contributed by atoms with E-state index in [4.69, 9.17) is 5.73 Å². The zero-order valence-corrected chi connectivity index (χ0v) is 13.8. The van der Waals surface area contributed by atoms with E-state index in [1.54, 1.807) is 31.1 Å². The molecule has 2 rings (SSSR count). The predicted molar refractivity (Wildman–Crippen MR) is 89.2 cm³/mol. The summed E-state index contributed by atoms with van der Waals surface area (Å²) in [7, 11) is 3.32. The highest BCUT2D eigenvalue weighted by Gasteiger charge is 2.18. The molecule has 0 spiro atoms. The number of carbonyl (C=O) groups excluding carboxylic acids is 1. The van der Waals surface area contributed by atoms with Gasteiger partial charge >= 0.3 is 0 Å². The lowest BCUT2D eigenvalue weighted by Gasteiger charge is -2.23. The second-order valence-electron chi connectivity index (χ2n) is 5.19. The summed E-state index contributed by atoms with van der Waals surface area (Å²) < 4.78 is 1.28. The Bertz CT molecular complexity index is 729. The summed E-state index contributed by atoms with van der Waals surface area (Å²) in [6, 6.07) is 7.18. The summed E-state index contributed by atoms with van der Waals surface area (Å²) in [5.41, 5.74) is 6.03. The number of hydrogen-bond acceptors (Lipinski definition) is 4. The lowest BCUT2D eigenvalue weighted by molar-refractivity contribution is -0.130. The van der Waals surface area contributed by atoms with Crippen molar-refractivity contribution in [3.05, 3.63) is 40.3 Å². The second-order valence-corrected chi connectivity index (χ2v) is 5.19. The molecule has 120 valence electrons. The Balaban J connectivity index is 0.00000242. The summed E-state index contributed by atoms with van der Waals surface area (Å²) in [4.78, 5) is 26.0. The molecule has 0 radical (unpaired) electrons. The van der Waals surface area contributed by atoms with Crippen LogP contribution in [0.4, 0.5) is 0 Å². The van der Waals surface area contributed by atoms with E-state index in [1.165, 1.54) is 4.68 Å². The third kappa shape index (κ3) is 3.45. The van der Waals surface area contributed by atoms with E-state index in [1.807, 2.05) is 19.1 Å². The first kappa shape index (κ1) is 18.1. The van der Waals surface area contributed by atoms with Gasteiger partial charge in [0, 0.05) is 32.1 Å². The minimum Gasteiger partial charge on any atom is -0.341 e. The highest BCUT2D eigenvalue weighted by molar-refractivity contribution is 5.88. The molecule has 6 nitrogen and oxygen atoms in total. The van der Waals surface area contributed by atoms with Crippen molar-refractivity contribution in [2.45, 2.75) is 19.4 Å². The van der Waals surface area contributed by atoms with Crippen molar-refractivity contribution >= 4 is 29.1 Å². The van der Waals surface area contributed by atoms with E-state index in [-0.39, 0.29) is 36.3 Å². The van der Waals surface area contributed by atoms with Gasteiger partial charge in [0.25, 0.3) is 5.56 Å². The van der Waals surface area contributed by atoms with E-state index in [2.05, 4.69) is 5.10 Å². The van der Waals surface area contributed by atoms with Crippen LogP contribution in [0.1, 0.15) is 12.6 Å². The standard InChI is InChI=1S/C15H20N4O2.ClH/c1-10(9-16)18(2)14(20)8-13-11-6-4-5-7-12(11)15(21)19(3)17-13;/h4-7,10H,8-9,16H2,1-3H3;1H. The maximum absolute atomic E-state index is 12.3. The van der Waals surface area contributed by atoms with Crippen molar-refractivity contribution in [2.75, 3.05) is 13.6 Å². The molecule has 1 heterocycles. The van der Waals surface area contributed by atoms with Gasteiger partial charge in [-0.2, -0.15) is 5.10 Å². The van der Waals surface area contributed by atoms with Gasteiger partial charge in [-0.3, -0.25) is 9.59 Å². The summed E-state index contributed by atoms with van der Waals surface area (Å²) >= 11 is 0. The van der Waals surface area contributed by atoms with Gasteiger partial charge in [-0.15, -0.1) is 12.4 Å². The number of aromatic nitrogens is 2. The Morgan fingerprint density at radius 2 is 1.95 bits per heavy atom. The first-order chi connectivity index (χ1) is 9.95. The molecule has 22 heavy (non-hydrogen) atoms. The molecule has 1 unspecified atom stereocenters. The van der Waals surface area contributed by atoms with E-state index < -0.39 is 0 Å². The zero-order valence-electron chi connectivity index (χ0n) is 12.9. The van der Waals surface area contributed by atoms with Crippen LogP contribution in [0.2, 0.25) is 0 Å². The molecule has 0 saturated heterocycles. The SMILES string of the molecule is CC(CN)N(C)C(=O)Cc1nn(C)c(=O)c2ccccc12.Cl. The largest absolute Gasteiger partial charge is 0.341 e. The van der Waals surface area contributed by atoms with Gasteiger partial charge in [-0.05, 0) is 13.0 Å². The van der Waals surface area contributed by atoms with Crippen LogP contribution in [0.15, 0.2) is 29.1 Å². The van der Waals surface area contributed by atoms with Crippen molar-refractivity contribution in [2.24, 2.45) is 12.8 Å². The monoisotopic (exact) mass is 324 g/mol. The van der Waals surface area contributed by atoms with E-state index in [9.17, 15) is 9.59 Å². The van der Waals surface area contributed by atoms with Crippen LogP contribution in [0, 0.1) is 0 Å². The number of nitrogens with zero attached hydrogens (tertiary/aromatic N) is 3. The minimum absolute atomic E-state index is 0. The number of halogens is 1. The molecule has 1 aromatic heterocycles. The number of rotatable bonds is 4. The van der Waals surface area contributed by atoms with Crippen LogP contribution in [0.3, 0.4) is 0 Å². The summed E-state index contributed by atoms with van der Waals surface area (Å²) in [6.45, 7) is 2.30. The van der Waals surface area contributed by atoms with Gasteiger partial charge in [-0.25, -0.2) is 4.68 Å². The summed E-state index contributed by atoms with van der Waals surface area (Å²) in [5, 5.41) is 5.53. The first-order valence-electron chi connectivity index (χ1n) is 6.86. The quantitative estimate of drug-likeness (QED) is 0.897. The summed E-state index contributed by atoms with van der Waals surface area (Å²) in [5.74, 6) is -0.0655. The van der Waals surface area contributed by atoms with Gasteiger partial charge in [0.15, 0.2) is 0 Å². The van der Waals surface area contributed by atoms with Crippen molar-refractivity contribution < 1.29 is 4.79 Å². The molecule has 1 aromatic carbocycles. The van der Waals surface area contributed by atoms with Crippen LogP contribution >= 0.6 is 12.4 Å². The number of carbonyl (C=O) groups is 1. The van der Waals surface area contributed by atoms with Gasteiger partial charge in [0.05, 0.1) is 17.5 Å². The van der Waals surface area contributed by atoms with Crippen LogP contribution in [0.25, 0.3) is 10.8 Å². The molecular formula is C15H21ClN4O2. The number of fused-ring (bicyclic) bond motifs is 1. The zero-order chi connectivity index (χ0) is 15.6. The predicted octanol–water partition coefficient (Wildman–Crippen LogP) is 0.703. The third-order valence-electron chi connectivity index (χ3n) is 3.75. The van der Waals surface area contributed by atoms with Crippen molar-refractivity contribution in [3.8, 4) is 0 Å². The van der Waals surface area contributed by atoms with E-state index in [0.29, 0.717) is 17.6 Å². The lowest BCUT2D eigenvalue weighted by atomic mass is 10.1. The Labute approximate surface area is 135 Å². The van der Waals surface area contributed by atoms with Gasteiger partial charge in [-0.1, -0.05) is 18.2 Å². The van der Waals surface area contributed by atoms with Gasteiger partial charge in [0.1, 0.15) is 0 Å². The maximum atomic E-state index is 12.3.